The van der Waals surface area contributed by atoms with Crippen molar-refractivity contribution >= 4 is 17.3 Å². The van der Waals surface area contributed by atoms with E-state index in [9.17, 15) is 0 Å². The quantitative estimate of drug-likeness (QED) is 0.456. The molecule has 0 radical (unpaired) electrons. The van der Waals surface area contributed by atoms with Crippen LogP contribution in [0.3, 0.4) is 0 Å². The number of nitrogens with zero attached hydrogens (tertiary/aromatic N) is 4. The van der Waals surface area contributed by atoms with Crippen molar-refractivity contribution in [2.24, 2.45) is 10.9 Å². The Balaban J connectivity index is 2.19. The van der Waals surface area contributed by atoms with Crippen molar-refractivity contribution in [3.8, 4) is 5.69 Å². The average molecular weight is 326 g/mol. The third-order valence-electron chi connectivity index (χ3n) is 3.63. The van der Waals surface area contributed by atoms with Crippen LogP contribution in [-0.2, 0) is 0 Å². The molecule has 1 heterocycles. The molecule has 5 nitrogen and oxygen atoms in total. The lowest BCUT2D eigenvalue weighted by molar-refractivity contribution is 0.935. The van der Waals surface area contributed by atoms with Crippen LogP contribution in [0.25, 0.3) is 5.69 Å². The Morgan fingerprint density at radius 1 is 1.00 bits per heavy atom. The molecule has 0 amide bonds. The zero-order valence-electron chi connectivity index (χ0n) is 12.9. The van der Waals surface area contributed by atoms with Crippen molar-refractivity contribution in [3.63, 3.8) is 0 Å². The maximum Gasteiger partial charge on any atom is 0.134 e. The Hall–Kier alpha value is -2.66. The van der Waals surface area contributed by atoms with Crippen molar-refractivity contribution in [3.05, 3.63) is 76.3 Å². The minimum atomic E-state index is 0.670. The van der Waals surface area contributed by atoms with Gasteiger partial charge < -0.3 is 5.84 Å². The van der Waals surface area contributed by atoms with Gasteiger partial charge in [0, 0.05) is 16.1 Å². The lowest BCUT2D eigenvalue weighted by atomic mass is 10.0. The summed E-state index contributed by atoms with van der Waals surface area (Å²) in [5.41, 5.74) is 3.42. The van der Waals surface area contributed by atoms with E-state index in [4.69, 9.17) is 17.4 Å². The third-order valence-corrected chi connectivity index (χ3v) is 3.89. The highest BCUT2D eigenvalue weighted by atomic mass is 35.5. The Bertz CT molecular complexity index is 845. The summed E-state index contributed by atoms with van der Waals surface area (Å²) in [5, 5.41) is 12.9. The molecular weight excluding hydrogens is 310 g/mol. The minimum Gasteiger partial charge on any atom is -0.323 e. The Morgan fingerprint density at radius 2 is 1.61 bits per heavy atom. The highest BCUT2D eigenvalue weighted by molar-refractivity contribution is 6.30. The van der Waals surface area contributed by atoms with Gasteiger partial charge in [0.25, 0.3) is 0 Å². The van der Waals surface area contributed by atoms with Gasteiger partial charge in [0.2, 0.25) is 0 Å². The molecule has 2 aromatic carbocycles. The van der Waals surface area contributed by atoms with Crippen molar-refractivity contribution in [1.82, 2.24) is 14.8 Å². The fourth-order valence-electron chi connectivity index (χ4n) is 2.59. The van der Waals surface area contributed by atoms with E-state index in [1.54, 1.807) is 0 Å². The summed E-state index contributed by atoms with van der Waals surface area (Å²) in [7, 11) is 0. The number of hydrogen-bond donors (Lipinski definition) is 1. The number of para-hydroxylation sites is 1. The van der Waals surface area contributed by atoms with Gasteiger partial charge in [-0.1, -0.05) is 41.9 Å². The zero-order chi connectivity index (χ0) is 16.4. The molecule has 0 atom stereocenters. The summed E-state index contributed by atoms with van der Waals surface area (Å²) in [6.45, 7) is 3.83. The first-order valence-electron chi connectivity index (χ1n) is 7.14. The summed E-state index contributed by atoms with van der Waals surface area (Å²) >= 11 is 5.97. The van der Waals surface area contributed by atoms with E-state index in [0.29, 0.717) is 10.7 Å². The molecule has 0 bridgehead atoms. The number of aromatic nitrogens is 3. The minimum absolute atomic E-state index is 0.670. The monoisotopic (exact) mass is 325 g/mol. The van der Waals surface area contributed by atoms with E-state index in [2.05, 4.69) is 15.3 Å². The predicted molar refractivity (Wildman–Crippen MR) is 92.1 cm³/mol. The number of hydrogen-bond acceptors (Lipinski definition) is 4. The Labute approximate surface area is 139 Å². The fraction of sp³-hybridized carbons (Fsp3) is 0.118. The lowest BCUT2D eigenvalue weighted by Crippen LogP contribution is -2.12. The molecule has 0 saturated heterocycles. The van der Waals surface area contributed by atoms with Gasteiger partial charge in [-0.15, -0.1) is 10.2 Å². The number of benzene rings is 2. The molecule has 0 saturated carbocycles. The third kappa shape index (κ3) is 2.83. The summed E-state index contributed by atoms with van der Waals surface area (Å²) in [5.74, 6) is 7.30. The normalized spacial score (nSPS) is 11.7. The van der Waals surface area contributed by atoms with Gasteiger partial charge in [0.1, 0.15) is 11.6 Å². The van der Waals surface area contributed by atoms with Crippen LogP contribution >= 0.6 is 11.6 Å². The zero-order valence-corrected chi connectivity index (χ0v) is 13.6. The second-order valence-electron chi connectivity index (χ2n) is 5.13. The molecule has 0 spiro atoms. The molecule has 2 N–H and O–H groups in total. The van der Waals surface area contributed by atoms with Crippen LogP contribution in [-0.4, -0.2) is 20.5 Å². The molecule has 6 heteroatoms. The topological polar surface area (TPSA) is 69.1 Å². The summed E-state index contributed by atoms with van der Waals surface area (Å²) in [6, 6.07) is 15.3. The predicted octanol–water partition coefficient (Wildman–Crippen LogP) is 3.25. The van der Waals surface area contributed by atoms with Crippen molar-refractivity contribution < 1.29 is 0 Å². The van der Waals surface area contributed by atoms with Crippen molar-refractivity contribution in [2.45, 2.75) is 13.8 Å². The van der Waals surface area contributed by atoms with Gasteiger partial charge >= 0.3 is 0 Å². The van der Waals surface area contributed by atoms with Crippen LogP contribution in [0.15, 0.2) is 53.6 Å². The van der Waals surface area contributed by atoms with Gasteiger partial charge in [0.05, 0.1) is 11.4 Å². The van der Waals surface area contributed by atoms with E-state index in [1.165, 1.54) is 0 Å². The van der Waals surface area contributed by atoms with Gasteiger partial charge in [-0.2, -0.15) is 5.10 Å². The molecule has 0 aliphatic heterocycles. The average Bonchev–Trinajstić information content (AvgIpc) is 2.89. The molecule has 0 aliphatic rings. The summed E-state index contributed by atoms with van der Waals surface area (Å²) < 4.78 is 1.98. The van der Waals surface area contributed by atoms with Gasteiger partial charge in [-0.05, 0) is 32.0 Å². The van der Waals surface area contributed by atoms with Crippen LogP contribution in [0.5, 0.6) is 0 Å². The Morgan fingerprint density at radius 3 is 2.22 bits per heavy atom. The van der Waals surface area contributed by atoms with Crippen LogP contribution in [0.2, 0.25) is 5.02 Å². The molecule has 0 aliphatic carbocycles. The van der Waals surface area contributed by atoms with E-state index in [1.807, 2.05) is 66.9 Å². The number of hydrazone groups is 1. The first-order valence-corrected chi connectivity index (χ1v) is 7.52. The van der Waals surface area contributed by atoms with E-state index >= 15 is 0 Å². The van der Waals surface area contributed by atoms with E-state index < -0.39 is 0 Å². The van der Waals surface area contributed by atoms with Crippen LogP contribution in [0, 0.1) is 13.8 Å². The second kappa shape index (κ2) is 6.22. The smallest absolute Gasteiger partial charge is 0.134 e. The van der Waals surface area contributed by atoms with Gasteiger partial charge in [-0.25, -0.2) is 0 Å². The van der Waals surface area contributed by atoms with Crippen LogP contribution < -0.4 is 5.84 Å². The Kier molecular flexibility index (Phi) is 4.12. The SMILES string of the molecule is Cc1nnc(C)n1-c1ccccc1/C(=N\N)c1ccc(Cl)cc1. The maximum absolute atomic E-state index is 5.97. The maximum atomic E-state index is 5.97. The first-order chi connectivity index (χ1) is 11.1. The van der Waals surface area contributed by atoms with Gasteiger partial charge in [-0.3, -0.25) is 4.57 Å². The highest BCUT2D eigenvalue weighted by Gasteiger charge is 2.16. The molecule has 116 valence electrons. The number of rotatable bonds is 3. The molecule has 0 unspecified atom stereocenters. The molecule has 3 aromatic rings. The molecule has 23 heavy (non-hydrogen) atoms. The summed E-state index contributed by atoms with van der Waals surface area (Å²) in [4.78, 5) is 0. The highest BCUT2D eigenvalue weighted by Crippen LogP contribution is 2.22. The molecule has 3 rings (SSSR count). The number of halogens is 1. The second-order valence-corrected chi connectivity index (χ2v) is 5.57. The molecular formula is C17H16ClN5. The summed E-state index contributed by atoms with van der Waals surface area (Å²) in [6.07, 6.45) is 0. The largest absolute Gasteiger partial charge is 0.323 e. The van der Waals surface area contributed by atoms with E-state index in [-0.39, 0.29) is 0 Å². The van der Waals surface area contributed by atoms with E-state index in [0.717, 1.165) is 28.5 Å². The molecule has 0 fully saturated rings. The number of nitrogens with two attached hydrogens (primary N) is 1. The lowest BCUT2D eigenvalue weighted by Gasteiger charge is -2.14. The standard InChI is InChI=1S/C17H16ClN5/c1-11-21-22-12(2)23(11)16-6-4-3-5-15(16)17(20-19)13-7-9-14(18)10-8-13/h3-10H,19H2,1-2H3/b20-17-. The van der Waals surface area contributed by atoms with Crippen molar-refractivity contribution in [1.29, 1.82) is 0 Å². The fourth-order valence-corrected chi connectivity index (χ4v) is 2.72. The van der Waals surface area contributed by atoms with Crippen LogP contribution in [0.4, 0.5) is 0 Å². The van der Waals surface area contributed by atoms with Gasteiger partial charge in [0.15, 0.2) is 0 Å². The first kappa shape index (κ1) is 15.2. The number of aryl methyl sites for hydroxylation is 2. The van der Waals surface area contributed by atoms with Crippen molar-refractivity contribution in [2.75, 3.05) is 0 Å². The molecule has 1 aromatic heterocycles. The van der Waals surface area contributed by atoms with Crippen LogP contribution in [0.1, 0.15) is 22.8 Å².